The fourth-order valence-corrected chi connectivity index (χ4v) is 3.08. The molecule has 3 aromatic rings. The third-order valence-electron chi connectivity index (χ3n) is 4.31. The summed E-state index contributed by atoms with van der Waals surface area (Å²) in [6, 6.07) is 8.49. The first-order valence-electron chi connectivity index (χ1n) is 7.91. The number of fused-ring (bicyclic) bond motifs is 1. The quantitative estimate of drug-likeness (QED) is 0.802. The third kappa shape index (κ3) is 2.72. The monoisotopic (exact) mass is 309 g/mol. The molecule has 0 saturated carbocycles. The van der Waals surface area contributed by atoms with Gasteiger partial charge >= 0.3 is 0 Å². The van der Waals surface area contributed by atoms with E-state index in [0.717, 1.165) is 42.1 Å². The van der Waals surface area contributed by atoms with Gasteiger partial charge in [-0.2, -0.15) is 0 Å². The van der Waals surface area contributed by atoms with Gasteiger partial charge in [-0.15, -0.1) is 0 Å². The number of aryl methyl sites for hydroxylation is 1. The highest BCUT2D eigenvalue weighted by molar-refractivity contribution is 5.82. The number of hydrogen-bond acceptors (Lipinski definition) is 5. The zero-order valence-electron chi connectivity index (χ0n) is 13.1. The van der Waals surface area contributed by atoms with Crippen LogP contribution in [-0.2, 0) is 0 Å². The van der Waals surface area contributed by atoms with Gasteiger partial charge in [-0.25, -0.2) is 15.0 Å². The van der Waals surface area contributed by atoms with Crippen LogP contribution in [0.1, 0.15) is 18.4 Å². The van der Waals surface area contributed by atoms with Gasteiger partial charge in [0.1, 0.15) is 24.2 Å². The number of aromatic nitrogens is 4. The Hall–Kier alpha value is -2.63. The number of rotatable bonds is 4. The molecule has 1 unspecified atom stereocenters. The van der Waals surface area contributed by atoms with E-state index in [4.69, 9.17) is 4.74 Å². The van der Waals surface area contributed by atoms with Crippen LogP contribution in [0.25, 0.3) is 11.2 Å². The van der Waals surface area contributed by atoms with Crippen molar-refractivity contribution in [3.05, 3.63) is 42.5 Å². The fourth-order valence-electron chi connectivity index (χ4n) is 3.08. The standard InChI is InChI=1S/C17H19N5O/c1-12-4-6-14(7-5-12)23-9-13-3-2-8-22(13)17-15-16(19-10-18-15)20-11-21-17/h4-7,10-11,13H,2-3,8-9H2,1H3,(H,18,19,20,21). The average molecular weight is 309 g/mol. The molecule has 118 valence electrons. The van der Waals surface area contributed by atoms with Crippen LogP contribution >= 0.6 is 0 Å². The number of hydrogen-bond donors (Lipinski definition) is 1. The second kappa shape index (κ2) is 5.87. The largest absolute Gasteiger partial charge is 0.491 e. The fraction of sp³-hybridized carbons (Fsp3) is 0.353. The van der Waals surface area contributed by atoms with E-state index >= 15 is 0 Å². The highest BCUT2D eigenvalue weighted by Crippen LogP contribution is 2.28. The van der Waals surface area contributed by atoms with Crippen molar-refractivity contribution in [2.75, 3.05) is 18.1 Å². The van der Waals surface area contributed by atoms with Crippen LogP contribution in [0.4, 0.5) is 5.82 Å². The van der Waals surface area contributed by atoms with Crippen molar-refractivity contribution < 1.29 is 4.74 Å². The van der Waals surface area contributed by atoms with Crippen LogP contribution in [-0.4, -0.2) is 39.1 Å². The van der Waals surface area contributed by atoms with Crippen molar-refractivity contribution >= 4 is 17.0 Å². The normalized spacial score (nSPS) is 17.8. The summed E-state index contributed by atoms with van der Waals surface area (Å²) in [6.07, 6.45) is 5.49. The van der Waals surface area contributed by atoms with Gasteiger partial charge in [0.25, 0.3) is 0 Å². The third-order valence-corrected chi connectivity index (χ3v) is 4.31. The Morgan fingerprint density at radius 1 is 1.22 bits per heavy atom. The first kappa shape index (κ1) is 14.0. The summed E-state index contributed by atoms with van der Waals surface area (Å²) in [7, 11) is 0. The van der Waals surface area contributed by atoms with Gasteiger partial charge in [0.05, 0.1) is 12.4 Å². The number of aromatic amines is 1. The van der Waals surface area contributed by atoms with Crippen LogP contribution in [0.5, 0.6) is 5.75 Å². The number of imidazole rings is 1. The summed E-state index contributed by atoms with van der Waals surface area (Å²) in [4.78, 5) is 18.4. The van der Waals surface area contributed by atoms with Gasteiger partial charge in [-0.05, 0) is 31.9 Å². The molecule has 1 N–H and O–H groups in total. The molecule has 3 heterocycles. The van der Waals surface area contributed by atoms with Gasteiger partial charge < -0.3 is 14.6 Å². The SMILES string of the molecule is Cc1ccc(OCC2CCCN2c2ncnc3[nH]cnc23)cc1. The molecule has 0 radical (unpaired) electrons. The van der Waals surface area contributed by atoms with E-state index in [-0.39, 0.29) is 0 Å². The predicted octanol–water partition coefficient (Wildman–Crippen LogP) is 2.71. The Kier molecular flexibility index (Phi) is 3.57. The second-order valence-corrected chi connectivity index (χ2v) is 5.91. The van der Waals surface area contributed by atoms with Crippen LogP contribution in [0, 0.1) is 6.92 Å². The minimum atomic E-state index is 0.311. The molecule has 6 heteroatoms. The van der Waals surface area contributed by atoms with Gasteiger partial charge in [0.2, 0.25) is 0 Å². The zero-order valence-corrected chi connectivity index (χ0v) is 13.1. The number of ether oxygens (including phenoxy) is 1. The number of benzene rings is 1. The molecule has 1 aromatic carbocycles. The first-order valence-corrected chi connectivity index (χ1v) is 7.91. The number of anilines is 1. The lowest BCUT2D eigenvalue weighted by Crippen LogP contribution is -2.35. The van der Waals surface area contributed by atoms with Crippen molar-refractivity contribution in [1.82, 2.24) is 19.9 Å². The summed E-state index contributed by atoms with van der Waals surface area (Å²) in [5, 5.41) is 0. The lowest BCUT2D eigenvalue weighted by molar-refractivity contribution is 0.288. The van der Waals surface area contributed by atoms with Gasteiger partial charge in [0, 0.05) is 6.54 Å². The molecule has 0 aliphatic carbocycles. The topological polar surface area (TPSA) is 66.9 Å². The van der Waals surface area contributed by atoms with E-state index in [1.165, 1.54) is 5.56 Å². The molecular formula is C17H19N5O. The molecule has 1 aliphatic heterocycles. The van der Waals surface area contributed by atoms with Gasteiger partial charge in [-0.3, -0.25) is 0 Å². The van der Waals surface area contributed by atoms with E-state index in [9.17, 15) is 0 Å². The summed E-state index contributed by atoms with van der Waals surface area (Å²) in [5.41, 5.74) is 2.84. The average Bonchev–Trinajstić information content (AvgIpc) is 3.23. The van der Waals surface area contributed by atoms with Gasteiger partial charge in [-0.1, -0.05) is 17.7 Å². The molecule has 0 bridgehead atoms. The first-order chi connectivity index (χ1) is 11.3. The number of nitrogens with one attached hydrogen (secondary N) is 1. The Balaban J connectivity index is 1.52. The van der Waals surface area contributed by atoms with E-state index in [2.05, 4.69) is 43.9 Å². The van der Waals surface area contributed by atoms with Crippen molar-refractivity contribution in [2.45, 2.75) is 25.8 Å². The molecule has 1 atom stereocenters. The summed E-state index contributed by atoms with van der Waals surface area (Å²) in [6.45, 7) is 3.70. The lowest BCUT2D eigenvalue weighted by Gasteiger charge is -2.25. The maximum absolute atomic E-state index is 5.98. The number of H-pyrrole nitrogens is 1. The smallest absolute Gasteiger partial charge is 0.162 e. The summed E-state index contributed by atoms with van der Waals surface area (Å²) in [5.74, 6) is 1.81. The summed E-state index contributed by atoms with van der Waals surface area (Å²) < 4.78 is 5.98. The molecule has 6 nitrogen and oxygen atoms in total. The molecule has 2 aromatic heterocycles. The molecule has 1 fully saturated rings. The Labute approximate surface area is 134 Å². The number of nitrogens with zero attached hydrogens (tertiary/aromatic N) is 4. The molecule has 0 amide bonds. The van der Waals surface area contributed by atoms with Gasteiger partial charge in [0.15, 0.2) is 11.5 Å². The van der Waals surface area contributed by atoms with Crippen molar-refractivity contribution in [3.63, 3.8) is 0 Å². The van der Waals surface area contributed by atoms with Crippen LogP contribution in [0.15, 0.2) is 36.9 Å². The predicted molar refractivity (Wildman–Crippen MR) is 88.7 cm³/mol. The highest BCUT2D eigenvalue weighted by atomic mass is 16.5. The minimum Gasteiger partial charge on any atom is -0.491 e. The van der Waals surface area contributed by atoms with Crippen molar-refractivity contribution in [2.24, 2.45) is 0 Å². The van der Waals surface area contributed by atoms with Crippen LogP contribution in [0.3, 0.4) is 0 Å². The van der Waals surface area contributed by atoms with E-state index in [1.807, 2.05) is 12.1 Å². The second-order valence-electron chi connectivity index (χ2n) is 5.91. The molecule has 23 heavy (non-hydrogen) atoms. The Morgan fingerprint density at radius 3 is 2.96 bits per heavy atom. The molecular weight excluding hydrogens is 290 g/mol. The van der Waals surface area contributed by atoms with Crippen molar-refractivity contribution in [3.8, 4) is 5.75 Å². The van der Waals surface area contributed by atoms with E-state index in [1.54, 1.807) is 12.7 Å². The summed E-state index contributed by atoms with van der Waals surface area (Å²) >= 11 is 0. The zero-order chi connectivity index (χ0) is 15.6. The Bertz CT molecular complexity index is 798. The lowest BCUT2D eigenvalue weighted by atomic mass is 10.2. The highest BCUT2D eigenvalue weighted by Gasteiger charge is 2.28. The van der Waals surface area contributed by atoms with Crippen LogP contribution < -0.4 is 9.64 Å². The molecule has 4 rings (SSSR count). The maximum Gasteiger partial charge on any atom is 0.162 e. The minimum absolute atomic E-state index is 0.311. The maximum atomic E-state index is 5.98. The Morgan fingerprint density at radius 2 is 2.09 bits per heavy atom. The van der Waals surface area contributed by atoms with Crippen LogP contribution in [0.2, 0.25) is 0 Å². The molecule has 1 aliphatic rings. The molecule has 1 saturated heterocycles. The van der Waals surface area contributed by atoms with Crippen molar-refractivity contribution in [1.29, 1.82) is 0 Å². The molecule has 0 spiro atoms. The van der Waals surface area contributed by atoms with E-state index < -0.39 is 0 Å². The van der Waals surface area contributed by atoms with E-state index in [0.29, 0.717) is 12.6 Å².